The third-order valence-electron chi connectivity index (χ3n) is 6.70. The van der Waals surface area contributed by atoms with Gasteiger partial charge in [-0.3, -0.25) is 14.5 Å². The lowest BCUT2D eigenvalue weighted by molar-refractivity contribution is 0.0448. The number of pyridine rings is 2. The lowest BCUT2D eigenvalue weighted by atomic mass is 9.89. The first-order chi connectivity index (χ1) is 17.9. The van der Waals surface area contributed by atoms with Crippen LogP contribution in [0.4, 0.5) is 26.4 Å². The van der Waals surface area contributed by atoms with Gasteiger partial charge >= 0.3 is 6.09 Å². The van der Waals surface area contributed by atoms with Crippen LogP contribution in [0.1, 0.15) is 56.4 Å². The van der Waals surface area contributed by atoms with Crippen molar-refractivity contribution in [3.05, 3.63) is 52.6 Å². The van der Waals surface area contributed by atoms with E-state index < -0.39 is 35.9 Å². The Morgan fingerprint density at radius 1 is 1.26 bits per heavy atom. The Morgan fingerprint density at radius 3 is 2.61 bits per heavy atom. The molecule has 2 aliphatic carbocycles. The average Bonchev–Trinajstić information content (AvgIpc) is 3.41. The van der Waals surface area contributed by atoms with Crippen LogP contribution in [0.15, 0.2) is 41.5 Å². The third kappa shape index (κ3) is 4.95. The van der Waals surface area contributed by atoms with E-state index in [9.17, 15) is 23.9 Å². The quantitative estimate of drug-likeness (QED) is 0.450. The SMILES string of the molecule is CN(C(=O)OC(C)(C)C)c1cc(Nc2cccn([C@H]3C[C@@H]3F)c2=O)cc2c(C(=O)NC3CCC3O)cnn12. The highest BCUT2D eigenvalue weighted by Crippen LogP contribution is 2.38. The van der Waals surface area contributed by atoms with E-state index in [1.807, 2.05) is 0 Å². The second-order valence-corrected chi connectivity index (χ2v) is 10.8. The van der Waals surface area contributed by atoms with Gasteiger partial charge in [0.2, 0.25) is 0 Å². The number of rotatable bonds is 6. The number of ether oxygens (including phenoxy) is 1. The van der Waals surface area contributed by atoms with Crippen LogP contribution in [0.3, 0.4) is 0 Å². The van der Waals surface area contributed by atoms with Gasteiger partial charge in [-0.1, -0.05) is 0 Å². The number of aromatic nitrogens is 3. The van der Waals surface area contributed by atoms with Gasteiger partial charge in [-0.25, -0.2) is 13.7 Å². The number of nitrogens with zero attached hydrogens (tertiary/aromatic N) is 4. The van der Waals surface area contributed by atoms with E-state index in [0.29, 0.717) is 30.5 Å². The van der Waals surface area contributed by atoms with E-state index in [1.165, 1.54) is 27.2 Å². The zero-order chi connectivity index (χ0) is 27.4. The number of hydrogen-bond acceptors (Lipinski definition) is 7. The standard InChI is InChI=1S/C26H31FN6O5/c1-26(2,3)38-25(37)31(4)22-11-14(29-18-6-5-9-32(24(18)36)20-12-16(20)27)10-19-15(13-28-33(19)22)23(35)30-17-7-8-21(17)34/h5-6,9-11,13,16-17,20-21,29,34H,7-8,12H2,1-4H3,(H,30,35)/t16-,17?,20-,21?/m0/s1. The highest BCUT2D eigenvalue weighted by atomic mass is 19.1. The molecule has 0 bridgehead atoms. The molecule has 4 atom stereocenters. The van der Waals surface area contributed by atoms with Gasteiger partial charge in [0.25, 0.3) is 11.5 Å². The number of anilines is 3. The number of amides is 2. The summed E-state index contributed by atoms with van der Waals surface area (Å²) >= 11 is 0. The maximum absolute atomic E-state index is 13.6. The highest BCUT2D eigenvalue weighted by Gasteiger charge is 2.40. The Balaban J connectivity index is 1.55. The van der Waals surface area contributed by atoms with Gasteiger partial charge < -0.3 is 25.0 Å². The van der Waals surface area contributed by atoms with Crippen molar-refractivity contribution < 1.29 is 23.8 Å². The molecule has 0 aliphatic heterocycles. The molecule has 11 nitrogen and oxygen atoms in total. The van der Waals surface area contributed by atoms with E-state index in [1.54, 1.807) is 51.2 Å². The van der Waals surface area contributed by atoms with E-state index in [0.717, 1.165) is 0 Å². The van der Waals surface area contributed by atoms with Gasteiger partial charge in [-0.05, 0) is 51.8 Å². The topological polar surface area (TPSA) is 130 Å². The van der Waals surface area contributed by atoms with Crippen molar-refractivity contribution in [1.29, 1.82) is 0 Å². The molecule has 3 aromatic rings. The van der Waals surface area contributed by atoms with Crippen molar-refractivity contribution in [1.82, 2.24) is 19.5 Å². The second kappa shape index (κ2) is 9.43. The molecule has 3 heterocycles. The molecule has 5 rings (SSSR count). The molecular weight excluding hydrogens is 495 g/mol. The van der Waals surface area contributed by atoms with Crippen molar-refractivity contribution in [3.8, 4) is 0 Å². The fourth-order valence-electron chi connectivity index (χ4n) is 4.34. The number of fused-ring (bicyclic) bond motifs is 1. The number of carbonyl (C=O) groups excluding carboxylic acids is 2. The Labute approximate surface area is 218 Å². The zero-order valence-corrected chi connectivity index (χ0v) is 21.6. The molecular formula is C26H31FN6O5. The maximum Gasteiger partial charge on any atom is 0.415 e. The van der Waals surface area contributed by atoms with Crippen LogP contribution in [0, 0.1) is 0 Å². The summed E-state index contributed by atoms with van der Waals surface area (Å²) < 4.78 is 21.9. The predicted octanol–water partition coefficient (Wildman–Crippen LogP) is 3.15. The Bertz CT molecular complexity index is 1460. The Kier molecular flexibility index (Phi) is 6.38. The van der Waals surface area contributed by atoms with Crippen LogP contribution in [0.5, 0.6) is 0 Å². The first kappa shape index (κ1) is 25.7. The molecule has 2 saturated carbocycles. The minimum atomic E-state index is -1.05. The molecule has 3 aromatic heterocycles. The molecule has 0 aromatic carbocycles. The molecule has 2 amide bonds. The largest absolute Gasteiger partial charge is 0.443 e. The molecule has 202 valence electrons. The van der Waals surface area contributed by atoms with Gasteiger partial charge in [-0.15, -0.1) is 0 Å². The Morgan fingerprint density at radius 2 is 2.00 bits per heavy atom. The van der Waals surface area contributed by atoms with Gasteiger partial charge in [0.05, 0.1) is 35.5 Å². The molecule has 3 N–H and O–H groups in total. The molecule has 2 aliphatic rings. The van der Waals surface area contributed by atoms with Crippen LogP contribution >= 0.6 is 0 Å². The maximum atomic E-state index is 13.6. The summed E-state index contributed by atoms with van der Waals surface area (Å²) in [6, 6.07) is 5.66. The predicted molar refractivity (Wildman–Crippen MR) is 139 cm³/mol. The summed E-state index contributed by atoms with van der Waals surface area (Å²) in [7, 11) is 1.52. The number of hydrogen-bond donors (Lipinski definition) is 3. The molecule has 0 radical (unpaired) electrons. The van der Waals surface area contributed by atoms with Crippen LogP contribution in [-0.2, 0) is 4.74 Å². The van der Waals surface area contributed by atoms with Gasteiger partial charge in [0.1, 0.15) is 23.3 Å². The smallest absolute Gasteiger partial charge is 0.415 e. The van der Waals surface area contributed by atoms with E-state index in [-0.39, 0.29) is 28.7 Å². The summed E-state index contributed by atoms with van der Waals surface area (Å²) in [5.74, 6) is -0.138. The fourth-order valence-corrected chi connectivity index (χ4v) is 4.34. The number of carbonyl (C=O) groups is 2. The fraction of sp³-hybridized carbons (Fsp3) is 0.462. The molecule has 0 spiro atoms. The number of aliphatic hydroxyl groups excluding tert-OH is 1. The summed E-state index contributed by atoms with van der Waals surface area (Å²) in [5, 5.41) is 20.1. The van der Waals surface area contributed by atoms with Crippen molar-refractivity contribution in [2.75, 3.05) is 17.3 Å². The van der Waals surface area contributed by atoms with Crippen LogP contribution in [0.2, 0.25) is 0 Å². The Hall–Kier alpha value is -3.93. The number of nitrogens with one attached hydrogen (secondary N) is 2. The minimum Gasteiger partial charge on any atom is -0.443 e. The summed E-state index contributed by atoms with van der Waals surface area (Å²) in [6.07, 6.45) is 2.25. The first-order valence-electron chi connectivity index (χ1n) is 12.5. The van der Waals surface area contributed by atoms with Crippen LogP contribution in [0.25, 0.3) is 5.52 Å². The van der Waals surface area contributed by atoms with Crippen molar-refractivity contribution in [2.45, 2.75) is 70.0 Å². The molecule has 2 fully saturated rings. The summed E-state index contributed by atoms with van der Waals surface area (Å²) in [4.78, 5) is 40.2. The normalized spacial score (nSPS) is 22.5. The minimum absolute atomic E-state index is 0.213. The van der Waals surface area contributed by atoms with E-state index in [2.05, 4.69) is 15.7 Å². The van der Waals surface area contributed by atoms with Crippen LogP contribution < -0.4 is 21.1 Å². The van der Waals surface area contributed by atoms with Crippen LogP contribution in [-0.4, -0.2) is 62.3 Å². The number of alkyl halides is 1. The van der Waals surface area contributed by atoms with Gasteiger partial charge in [0, 0.05) is 31.4 Å². The van der Waals surface area contributed by atoms with E-state index >= 15 is 0 Å². The molecule has 2 unspecified atom stereocenters. The van der Waals surface area contributed by atoms with Crippen molar-refractivity contribution in [3.63, 3.8) is 0 Å². The van der Waals surface area contributed by atoms with Crippen molar-refractivity contribution in [2.24, 2.45) is 0 Å². The lowest BCUT2D eigenvalue weighted by Gasteiger charge is -2.32. The first-order valence-corrected chi connectivity index (χ1v) is 12.5. The molecule has 0 saturated heterocycles. The number of halogens is 1. The molecule has 12 heteroatoms. The van der Waals surface area contributed by atoms with E-state index in [4.69, 9.17) is 4.74 Å². The third-order valence-corrected chi connectivity index (χ3v) is 6.70. The zero-order valence-electron chi connectivity index (χ0n) is 21.6. The second-order valence-electron chi connectivity index (χ2n) is 10.8. The monoisotopic (exact) mass is 526 g/mol. The lowest BCUT2D eigenvalue weighted by Crippen LogP contribution is -2.50. The van der Waals surface area contributed by atoms with Crippen molar-refractivity contribution >= 4 is 34.7 Å². The molecule has 38 heavy (non-hydrogen) atoms. The average molecular weight is 527 g/mol. The summed E-state index contributed by atoms with van der Waals surface area (Å²) in [5.41, 5.74) is 0.0912. The highest BCUT2D eigenvalue weighted by molar-refractivity contribution is 6.02. The van der Waals surface area contributed by atoms with Gasteiger partial charge in [0.15, 0.2) is 0 Å². The number of aliphatic hydroxyl groups is 1. The van der Waals surface area contributed by atoms with Gasteiger partial charge in [-0.2, -0.15) is 5.10 Å². The summed E-state index contributed by atoms with van der Waals surface area (Å²) in [6.45, 7) is 5.25.